The molecular weight excluding hydrogens is 318 g/mol. The van der Waals surface area contributed by atoms with E-state index in [0.29, 0.717) is 17.5 Å². The van der Waals surface area contributed by atoms with Crippen molar-refractivity contribution in [2.45, 2.75) is 44.6 Å². The number of amides is 3. The summed E-state index contributed by atoms with van der Waals surface area (Å²) in [7, 11) is 1.70. The van der Waals surface area contributed by atoms with Gasteiger partial charge in [-0.1, -0.05) is 12.8 Å². The van der Waals surface area contributed by atoms with E-state index < -0.39 is 5.54 Å². The van der Waals surface area contributed by atoms with Gasteiger partial charge < -0.3 is 9.88 Å². The first-order chi connectivity index (χ1) is 11.9. The van der Waals surface area contributed by atoms with E-state index in [1.54, 1.807) is 30.3 Å². The van der Waals surface area contributed by atoms with Crippen molar-refractivity contribution < 1.29 is 14.4 Å². The third-order valence-electron chi connectivity index (χ3n) is 6.77. The second-order valence-corrected chi connectivity index (χ2v) is 8.10. The quantitative estimate of drug-likeness (QED) is 0.675. The number of nitrogens with one attached hydrogen (secondary N) is 1. The monoisotopic (exact) mass is 343 g/mol. The van der Waals surface area contributed by atoms with Crippen LogP contribution in [0.1, 0.15) is 49.5 Å². The summed E-state index contributed by atoms with van der Waals surface area (Å²) in [4.78, 5) is 43.8. The van der Waals surface area contributed by atoms with Gasteiger partial charge in [-0.05, 0) is 56.1 Å². The van der Waals surface area contributed by atoms with E-state index in [-0.39, 0.29) is 30.2 Å². The maximum absolute atomic E-state index is 13.2. The van der Waals surface area contributed by atoms with Gasteiger partial charge in [-0.15, -0.1) is 0 Å². The van der Waals surface area contributed by atoms with Crippen LogP contribution in [0.3, 0.4) is 0 Å². The van der Waals surface area contributed by atoms with E-state index in [9.17, 15) is 14.4 Å². The predicted octanol–water partition coefficient (Wildman–Crippen LogP) is 2.68. The number of urea groups is 1. The lowest BCUT2D eigenvalue weighted by Gasteiger charge is -2.41. The van der Waals surface area contributed by atoms with Crippen LogP contribution in [0.5, 0.6) is 0 Å². The molecular formula is C19H25N3O3. The molecule has 3 fully saturated rings. The van der Waals surface area contributed by atoms with Crippen LogP contribution in [0.25, 0.3) is 0 Å². The smallest absolute Gasteiger partial charge is 0.327 e. The Kier molecular flexibility index (Phi) is 3.74. The maximum Gasteiger partial charge on any atom is 0.327 e. The molecule has 2 aliphatic carbocycles. The zero-order valence-electron chi connectivity index (χ0n) is 14.8. The Morgan fingerprint density at radius 3 is 2.52 bits per heavy atom. The molecule has 0 spiro atoms. The number of carbonyl (C=O) groups excluding carboxylic acids is 3. The van der Waals surface area contributed by atoms with E-state index in [1.807, 2.05) is 6.92 Å². The molecule has 134 valence electrons. The van der Waals surface area contributed by atoms with Crippen LogP contribution < -0.4 is 0 Å². The second kappa shape index (κ2) is 5.71. The normalized spacial score (nSPS) is 34.9. The molecule has 3 unspecified atom stereocenters. The van der Waals surface area contributed by atoms with Crippen molar-refractivity contribution in [2.75, 3.05) is 13.6 Å². The fourth-order valence-electron chi connectivity index (χ4n) is 5.17. The van der Waals surface area contributed by atoms with Crippen LogP contribution in [0.4, 0.5) is 4.79 Å². The molecule has 0 aromatic carbocycles. The first-order valence-corrected chi connectivity index (χ1v) is 9.17. The zero-order valence-corrected chi connectivity index (χ0v) is 14.8. The standard InChI is InChI=1S/C19H25N3O3/c1-19(14-9-12-5-6-13(8-12)10-14)17(24)22(18(25)21(19)2)11-16(23)15-4-3-7-20-15/h3-4,7,12-14,20H,5-6,8-11H2,1-2H3/t12-,13?,14?,19?/m0/s1. The molecule has 25 heavy (non-hydrogen) atoms. The van der Waals surface area contributed by atoms with E-state index in [0.717, 1.165) is 17.7 Å². The summed E-state index contributed by atoms with van der Waals surface area (Å²) in [5.41, 5.74) is -0.401. The van der Waals surface area contributed by atoms with Crippen molar-refractivity contribution in [3.8, 4) is 0 Å². The van der Waals surface area contributed by atoms with Crippen molar-refractivity contribution >= 4 is 17.7 Å². The molecule has 1 N–H and O–H groups in total. The third kappa shape index (κ3) is 2.41. The van der Waals surface area contributed by atoms with Crippen LogP contribution in [-0.4, -0.2) is 51.6 Å². The van der Waals surface area contributed by atoms with Gasteiger partial charge in [0.05, 0.1) is 12.2 Å². The van der Waals surface area contributed by atoms with Crippen LogP contribution in [0.15, 0.2) is 18.3 Å². The second-order valence-electron chi connectivity index (χ2n) is 8.10. The minimum Gasteiger partial charge on any atom is -0.359 e. The minimum absolute atomic E-state index is 0.186. The molecule has 4 atom stereocenters. The number of fused-ring (bicyclic) bond motifs is 2. The number of H-pyrrole nitrogens is 1. The number of rotatable bonds is 4. The lowest BCUT2D eigenvalue weighted by Crippen LogP contribution is -2.53. The average Bonchev–Trinajstić information content (AvgIpc) is 3.29. The molecule has 1 aromatic rings. The van der Waals surface area contributed by atoms with Gasteiger partial charge in [0.25, 0.3) is 5.91 Å². The number of imide groups is 1. The Hall–Kier alpha value is -2.11. The molecule has 4 rings (SSSR count). The first-order valence-electron chi connectivity index (χ1n) is 9.17. The number of likely N-dealkylation sites (N-methyl/N-ethyl adjacent to an activating group) is 1. The van der Waals surface area contributed by atoms with Gasteiger partial charge in [-0.3, -0.25) is 14.5 Å². The minimum atomic E-state index is -0.825. The number of hydrogen-bond acceptors (Lipinski definition) is 3. The Morgan fingerprint density at radius 2 is 1.92 bits per heavy atom. The average molecular weight is 343 g/mol. The van der Waals surface area contributed by atoms with Gasteiger partial charge >= 0.3 is 6.03 Å². The zero-order chi connectivity index (χ0) is 17.8. The molecule has 6 heteroatoms. The van der Waals surface area contributed by atoms with Crippen molar-refractivity contribution in [3.05, 3.63) is 24.0 Å². The summed E-state index contributed by atoms with van der Waals surface area (Å²) in [6, 6.07) is 3.04. The highest BCUT2D eigenvalue weighted by molar-refractivity contribution is 6.10. The summed E-state index contributed by atoms with van der Waals surface area (Å²) < 4.78 is 0. The highest BCUT2D eigenvalue weighted by atomic mass is 16.2. The summed E-state index contributed by atoms with van der Waals surface area (Å²) in [5, 5.41) is 0. The van der Waals surface area contributed by atoms with Crippen LogP contribution in [0, 0.1) is 17.8 Å². The highest BCUT2D eigenvalue weighted by Crippen LogP contribution is 2.50. The van der Waals surface area contributed by atoms with Crippen LogP contribution in [0.2, 0.25) is 0 Å². The van der Waals surface area contributed by atoms with Crippen molar-refractivity contribution in [2.24, 2.45) is 17.8 Å². The topological polar surface area (TPSA) is 73.5 Å². The number of Topliss-reactive ketones (excluding diaryl/α,β-unsaturated/α-hetero) is 1. The van der Waals surface area contributed by atoms with Crippen molar-refractivity contribution in [1.29, 1.82) is 0 Å². The molecule has 1 aromatic heterocycles. The van der Waals surface area contributed by atoms with Crippen LogP contribution >= 0.6 is 0 Å². The Morgan fingerprint density at radius 1 is 1.24 bits per heavy atom. The van der Waals surface area contributed by atoms with Crippen LogP contribution in [-0.2, 0) is 4.79 Å². The van der Waals surface area contributed by atoms with Crippen molar-refractivity contribution in [1.82, 2.24) is 14.8 Å². The fraction of sp³-hybridized carbons (Fsp3) is 0.632. The number of carbonyl (C=O) groups is 3. The van der Waals surface area contributed by atoms with Gasteiger partial charge in [0.1, 0.15) is 5.54 Å². The number of nitrogens with zero attached hydrogens (tertiary/aromatic N) is 2. The third-order valence-corrected chi connectivity index (χ3v) is 6.77. The van der Waals surface area contributed by atoms with Gasteiger partial charge in [-0.2, -0.15) is 0 Å². The molecule has 6 nitrogen and oxygen atoms in total. The Balaban J connectivity index is 1.56. The molecule has 1 aliphatic heterocycles. The molecule has 2 saturated carbocycles. The summed E-state index contributed by atoms with van der Waals surface area (Å²) in [6.45, 7) is 1.69. The molecule has 0 radical (unpaired) electrons. The number of hydrogen-bond donors (Lipinski definition) is 1. The molecule has 2 heterocycles. The summed E-state index contributed by atoms with van der Waals surface area (Å²) >= 11 is 0. The van der Waals surface area contributed by atoms with Crippen molar-refractivity contribution in [3.63, 3.8) is 0 Å². The lowest BCUT2D eigenvalue weighted by atomic mass is 9.70. The molecule has 3 aliphatic rings. The van der Waals surface area contributed by atoms with Gasteiger partial charge in [0.2, 0.25) is 0 Å². The molecule has 2 bridgehead atoms. The fourth-order valence-corrected chi connectivity index (χ4v) is 5.17. The van der Waals surface area contributed by atoms with E-state index in [2.05, 4.69) is 4.98 Å². The number of ketones is 1. The first kappa shape index (κ1) is 16.4. The summed E-state index contributed by atoms with van der Waals surface area (Å²) in [5.74, 6) is 1.10. The van der Waals surface area contributed by atoms with Gasteiger partial charge in [0, 0.05) is 13.2 Å². The lowest BCUT2D eigenvalue weighted by molar-refractivity contribution is -0.135. The number of aromatic amines is 1. The largest absolute Gasteiger partial charge is 0.359 e. The molecule has 3 amide bonds. The predicted molar refractivity (Wildman–Crippen MR) is 92.0 cm³/mol. The van der Waals surface area contributed by atoms with Gasteiger partial charge in [-0.25, -0.2) is 4.79 Å². The van der Waals surface area contributed by atoms with E-state index >= 15 is 0 Å². The van der Waals surface area contributed by atoms with Gasteiger partial charge in [0.15, 0.2) is 5.78 Å². The Bertz CT molecular complexity index is 702. The summed E-state index contributed by atoms with van der Waals surface area (Å²) in [6.07, 6.45) is 7.45. The number of aromatic nitrogens is 1. The SMILES string of the molecule is CN1C(=O)N(CC(=O)c2ccc[nH]2)C(=O)C1(C)C1CC2CC[C@@H](C2)C1. The maximum atomic E-state index is 13.2. The van der Waals surface area contributed by atoms with E-state index in [1.165, 1.54) is 19.3 Å². The Labute approximate surface area is 147 Å². The highest BCUT2D eigenvalue weighted by Gasteiger charge is 2.58. The molecule has 1 saturated heterocycles. The van der Waals surface area contributed by atoms with E-state index in [4.69, 9.17) is 0 Å².